The van der Waals surface area contributed by atoms with Gasteiger partial charge in [0.25, 0.3) is 0 Å². The van der Waals surface area contributed by atoms with Crippen LogP contribution in [0.3, 0.4) is 0 Å². The molecule has 206 valence electrons. The van der Waals surface area contributed by atoms with Crippen molar-refractivity contribution in [2.45, 2.75) is 58.7 Å². The molecule has 3 rings (SSSR count). The number of aldehydes is 1. The standard InChI is InChI=1S/C29H34N4O6/c1-28(2,3)38-26(36)30-16-24(21-9-7-19(18-34)8-10-21)25(35)32-23-13-11-20(12-14-23)22-15-31-33(17-22)27(37)39-29(4,5)6/h7-15,17-18,24H,16H2,1-6H3,(H,30,36)(H,32,35). The molecule has 0 aliphatic carbocycles. The second-order valence-electron chi connectivity index (χ2n) is 10.9. The number of nitrogens with zero attached hydrogens (tertiary/aromatic N) is 2. The van der Waals surface area contributed by atoms with Crippen LogP contribution in [0, 0.1) is 0 Å². The average molecular weight is 535 g/mol. The molecular formula is C29H34N4O6. The molecule has 10 nitrogen and oxygen atoms in total. The van der Waals surface area contributed by atoms with Crippen LogP contribution in [-0.4, -0.2) is 51.9 Å². The Kier molecular flexibility index (Phi) is 8.90. The molecule has 0 aliphatic heterocycles. The molecule has 2 aromatic carbocycles. The molecule has 1 unspecified atom stereocenters. The Morgan fingerprint density at radius 2 is 1.51 bits per heavy atom. The first-order valence-corrected chi connectivity index (χ1v) is 12.5. The van der Waals surface area contributed by atoms with E-state index in [9.17, 15) is 19.2 Å². The van der Waals surface area contributed by atoms with Gasteiger partial charge in [0, 0.05) is 29.6 Å². The predicted molar refractivity (Wildman–Crippen MR) is 147 cm³/mol. The number of aromatic nitrogens is 2. The van der Waals surface area contributed by atoms with E-state index >= 15 is 0 Å². The van der Waals surface area contributed by atoms with Gasteiger partial charge in [-0.3, -0.25) is 9.59 Å². The summed E-state index contributed by atoms with van der Waals surface area (Å²) in [5.41, 5.74) is 1.81. The number of carbonyl (C=O) groups excluding carboxylic acids is 4. The maximum atomic E-state index is 13.3. The molecule has 0 spiro atoms. The van der Waals surface area contributed by atoms with Crippen LogP contribution in [0.25, 0.3) is 11.1 Å². The number of amides is 2. The minimum atomic E-state index is -0.745. The van der Waals surface area contributed by atoms with Gasteiger partial charge in [0.05, 0.1) is 12.1 Å². The second-order valence-corrected chi connectivity index (χ2v) is 10.9. The lowest BCUT2D eigenvalue weighted by Gasteiger charge is -2.22. The van der Waals surface area contributed by atoms with Crippen LogP contribution < -0.4 is 10.6 Å². The van der Waals surface area contributed by atoms with Crippen molar-refractivity contribution in [3.05, 3.63) is 72.1 Å². The highest BCUT2D eigenvalue weighted by Crippen LogP contribution is 2.23. The largest absolute Gasteiger partial charge is 0.444 e. The third-order valence-corrected chi connectivity index (χ3v) is 5.29. The quantitative estimate of drug-likeness (QED) is 0.389. The van der Waals surface area contributed by atoms with Gasteiger partial charge in [-0.1, -0.05) is 36.4 Å². The fourth-order valence-corrected chi connectivity index (χ4v) is 3.52. The number of hydrogen-bond donors (Lipinski definition) is 2. The van der Waals surface area contributed by atoms with Crippen molar-refractivity contribution in [3.8, 4) is 11.1 Å². The van der Waals surface area contributed by atoms with Crippen molar-refractivity contribution >= 4 is 30.1 Å². The predicted octanol–water partition coefficient (Wildman–Crippen LogP) is 5.39. The van der Waals surface area contributed by atoms with Gasteiger partial charge in [-0.15, -0.1) is 0 Å². The Labute approximate surface area is 227 Å². The second kappa shape index (κ2) is 11.9. The molecule has 1 heterocycles. The topological polar surface area (TPSA) is 129 Å². The van der Waals surface area contributed by atoms with Crippen molar-refractivity contribution in [2.24, 2.45) is 0 Å². The highest BCUT2D eigenvalue weighted by atomic mass is 16.6. The molecule has 0 radical (unpaired) electrons. The number of alkyl carbamates (subject to hydrolysis) is 1. The Morgan fingerprint density at radius 3 is 2.08 bits per heavy atom. The highest BCUT2D eigenvalue weighted by molar-refractivity contribution is 5.96. The van der Waals surface area contributed by atoms with Crippen molar-refractivity contribution in [1.82, 2.24) is 15.1 Å². The smallest absolute Gasteiger partial charge is 0.435 e. The van der Waals surface area contributed by atoms with Gasteiger partial charge in [-0.05, 0) is 64.8 Å². The molecule has 2 amide bonds. The maximum Gasteiger partial charge on any atom is 0.435 e. The van der Waals surface area contributed by atoms with Crippen molar-refractivity contribution < 1.29 is 28.7 Å². The van der Waals surface area contributed by atoms with Gasteiger partial charge >= 0.3 is 12.2 Å². The first-order chi connectivity index (χ1) is 18.2. The normalized spacial score (nSPS) is 12.3. The van der Waals surface area contributed by atoms with E-state index in [2.05, 4.69) is 15.7 Å². The Bertz CT molecular complexity index is 1320. The van der Waals surface area contributed by atoms with E-state index in [0.29, 0.717) is 22.4 Å². The molecule has 10 heteroatoms. The van der Waals surface area contributed by atoms with Crippen molar-refractivity contribution in [1.29, 1.82) is 0 Å². The van der Waals surface area contributed by atoms with E-state index in [4.69, 9.17) is 9.47 Å². The van der Waals surface area contributed by atoms with Crippen LogP contribution in [0.5, 0.6) is 0 Å². The van der Waals surface area contributed by atoms with Gasteiger partial charge in [-0.25, -0.2) is 9.59 Å². The van der Waals surface area contributed by atoms with Crippen LogP contribution >= 0.6 is 0 Å². The molecule has 39 heavy (non-hydrogen) atoms. The summed E-state index contributed by atoms with van der Waals surface area (Å²) in [6, 6.07) is 13.6. The van der Waals surface area contributed by atoms with E-state index in [0.717, 1.165) is 16.5 Å². The van der Waals surface area contributed by atoms with E-state index < -0.39 is 29.3 Å². The van der Waals surface area contributed by atoms with Crippen LogP contribution in [0.4, 0.5) is 15.3 Å². The number of hydrogen-bond acceptors (Lipinski definition) is 7. The molecule has 0 saturated carbocycles. The number of rotatable bonds is 7. The Hall–Kier alpha value is -4.47. The lowest BCUT2D eigenvalue weighted by Crippen LogP contribution is -2.37. The Morgan fingerprint density at radius 1 is 0.897 bits per heavy atom. The summed E-state index contributed by atoms with van der Waals surface area (Å²) in [7, 11) is 0. The number of nitrogens with one attached hydrogen (secondary N) is 2. The molecule has 1 atom stereocenters. The number of benzene rings is 2. The van der Waals surface area contributed by atoms with Crippen LogP contribution in [0.2, 0.25) is 0 Å². The van der Waals surface area contributed by atoms with Gasteiger partial charge in [0.2, 0.25) is 5.91 Å². The molecule has 2 N–H and O–H groups in total. The van der Waals surface area contributed by atoms with E-state index in [1.165, 1.54) is 0 Å². The van der Waals surface area contributed by atoms with Crippen molar-refractivity contribution in [2.75, 3.05) is 11.9 Å². The number of anilines is 1. The zero-order valence-corrected chi connectivity index (χ0v) is 23.0. The average Bonchev–Trinajstić information content (AvgIpc) is 3.33. The molecule has 0 saturated heterocycles. The van der Waals surface area contributed by atoms with Crippen LogP contribution in [-0.2, 0) is 14.3 Å². The SMILES string of the molecule is CC(C)(C)OC(=O)NCC(C(=O)Nc1ccc(-c2cnn(C(=O)OC(C)(C)C)c2)cc1)c1ccc(C=O)cc1. The summed E-state index contributed by atoms with van der Waals surface area (Å²) in [5, 5.41) is 9.60. The molecule has 0 bridgehead atoms. The first kappa shape index (κ1) is 29.1. The fourth-order valence-electron chi connectivity index (χ4n) is 3.52. The summed E-state index contributed by atoms with van der Waals surface area (Å²) >= 11 is 0. The Balaban J connectivity index is 1.72. The highest BCUT2D eigenvalue weighted by Gasteiger charge is 2.24. The lowest BCUT2D eigenvalue weighted by molar-refractivity contribution is -0.117. The molecule has 0 aliphatic rings. The minimum Gasteiger partial charge on any atom is -0.444 e. The van der Waals surface area contributed by atoms with Crippen molar-refractivity contribution in [3.63, 3.8) is 0 Å². The molecule has 1 aromatic heterocycles. The molecular weight excluding hydrogens is 500 g/mol. The minimum absolute atomic E-state index is 0.0108. The van der Waals surface area contributed by atoms with Gasteiger partial charge < -0.3 is 20.1 Å². The molecule has 3 aromatic rings. The van der Waals surface area contributed by atoms with Gasteiger partial charge in [0.15, 0.2) is 0 Å². The van der Waals surface area contributed by atoms with Gasteiger partial charge in [0.1, 0.15) is 17.5 Å². The summed E-state index contributed by atoms with van der Waals surface area (Å²) in [4.78, 5) is 48.8. The summed E-state index contributed by atoms with van der Waals surface area (Å²) < 4.78 is 11.8. The van der Waals surface area contributed by atoms with E-state index in [1.807, 2.05) is 0 Å². The summed E-state index contributed by atoms with van der Waals surface area (Å²) in [6.07, 6.45) is 2.63. The van der Waals surface area contributed by atoms with Gasteiger partial charge in [-0.2, -0.15) is 9.78 Å². The summed E-state index contributed by atoms with van der Waals surface area (Å²) in [5.74, 6) is -1.10. The monoisotopic (exact) mass is 534 g/mol. The first-order valence-electron chi connectivity index (χ1n) is 12.5. The third kappa shape index (κ3) is 8.80. The van der Waals surface area contributed by atoms with E-state index in [-0.39, 0.29) is 12.5 Å². The third-order valence-electron chi connectivity index (χ3n) is 5.29. The molecule has 0 fully saturated rings. The van der Waals surface area contributed by atoms with Crippen LogP contribution in [0.1, 0.15) is 63.4 Å². The van der Waals surface area contributed by atoms with Crippen LogP contribution in [0.15, 0.2) is 60.9 Å². The van der Waals surface area contributed by atoms with E-state index in [1.54, 1.807) is 102 Å². The number of ether oxygens (including phenoxy) is 2. The zero-order chi connectivity index (χ0) is 28.8. The summed E-state index contributed by atoms with van der Waals surface area (Å²) in [6.45, 7) is 10.6. The fraction of sp³-hybridized carbons (Fsp3) is 0.345. The zero-order valence-electron chi connectivity index (χ0n) is 23.0. The lowest BCUT2D eigenvalue weighted by atomic mass is 9.96. The number of carbonyl (C=O) groups is 4. The maximum absolute atomic E-state index is 13.3.